The van der Waals surface area contributed by atoms with E-state index in [9.17, 15) is 14.7 Å². The average molecular weight is 361 g/mol. The van der Waals surface area contributed by atoms with Gasteiger partial charge in [0.25, 0.3) is 0 Å². The zero-order valence-electron chi connectivity index (χ0n) is 15.5. The number of allylic oxidation sites excluding steroid dienone is 1. The number of aliphatic imine (C=N–C) groups is 1. The Balaban J connectivity index is 2.68. The maximum absolute atomic E-state index is 12.6. The summed E-state index contributed by atoms with van der Waals surface area (Å²) in [5.41, 5.74) is 1.94. The molecule has 0 saturated carbocycles. The minimum absolute atomic E-state index is 0.0366. The molecule has 7 heteroatoms. The van der Waals surface area contributed by atoms with E-state index in [0.717, 1.165) is 0 Å². The van der Waals surface area contributed by atoms with Gasteiger partial charge in [0.2, 0.25) is 0 Å². The summed E-state index contributed by atoms with van der Waals surface area (Å²) in [6.45, 7) is 5.33. The van der Waals surface area contributed by atoms with Crippen molar-refractivity contribution in [3.05, 3.63) is 35.0 Å². The van der Waals surface area contributed by atoms with E-state index in [1.165, 1.54) is 20.3 Å². The van der Waals surface area contributed by atoms with Crippen molar-refractivity contribution >= 4 is 17.7 Å². The van der Waals surface area contributed by atoms with Crippen molar-refractivity contribution in [2.24, 2.45) is 10.9 Å². The molecule has 0 aliphatic carbocycles. The van der Waals surface area contributed by atoms with Crippen molar-refractivity contribution in [1.82, 2.24) is 0 Å². The molecule has 0 bridgehead atoms. The molecule has 2 rings (SSSR count). The van der Waals surface area contributed by atoms with Crippen molar-refractivity contribution < 1.29 is 28.9 Å². The van der Waals surface area contributed by atoms with Crippen LogP contribution < -0.4 is 4.74 Å². The topological polar surface area (TPSA) is 94.4 Å². The first-order valence-corrected chi connectivity index (χ1v) is 8.23. The van der Waals surface area contributed by atoms with Crippen molar-refractivity contribution in [2.75, 3.05) is 20.8 Å². The van der Waals surface area contributed by atoms with Gasteiger partial charge in [0.1, 0.15) is 5.92 Å². The Labute approximate surface area is 152 Å². The van der Waals surface area contributed by atoms with Crippen molar-refractivity contribution in [3.63, 3.8) is 0 Å². The van der Waals surface area contributed by atoms with Crippen molar-refractivity contribution in [2.45, 2.75) is 26.7 Å². The molecule has 0 amide bonds. The van der Waals surface area contributed by atoms with Crippen molar-refractivity contribution in [1.29, 1.82) is 0 Å². The predicted octanol–water partition coefficient (Wildman–Crippen LogP) is 2.59. The molecule has 2 atom stereocenters. The molecule has 2 unspecified atom stereocenters. The molecular weight excluding hydrogens is 338 g/mol. The van der Waals surface area contributed by atoms with Crippen LogP contribution in [0.15, 0.2) is 34.5 Å². The minimum Gasteiger partial charge on any atom is -0.504 e. The summed E-state index contributed by atoms with van der Waals surface area (Å²) in [4.78, 5) is 29.4. The number of benzene rings is 1. The van der Waals surface area contributed by atoms with Crippen molar-refractivity contribution in [3.8, 4) is 11.5 Å². The molecule has 0 fully saturated rings. The highest BCUT2D eigenvalue weighted by atomic mass is 16.5. The number of methoxy groups -OCH3 is 2. The second-order valence-corrected chi connectivity index (χ2v) is 5.88. The minimum atomic E-state index is -0.780. The van der Waals surface area contributed by atoms with E-state index in [-0.39, 0.29) is 18.1 Å². The third-order valence-corrected chi connectivity index (χ3v) is 4.34. The van der Waals surface area contributed by atoms with Gasteiger partial charge < -0.3 is 19.3 Å². The first-order valence-electron chi connectivity index (χ1n) is 8.23. The molecule has 0 spiro atoms. The van der Waals surface area contributed by atoms with E-state index in [2.05, 4.69) is 4.99 Å². The smallest absolute Gasteiger partial charge is 0.336 e. The van der Waals surface area contributed by atoms with Crippen LogP contribution in [0.3, 0.4) is 0 Å². The second-order valence-electron chi connectivity index (χ2n) is 5.88. The molecule has 140 valence electrons. The van der Waals surface area contributed by atoms with Gasteiger partial charge in [0.05, 0.1) is 26.4 Å². The Kier molecular flexibility index (Phi) is 6.02. The van der Waals surface area contributed by atoms with Crippen LogP contribution in [-0.4, -0.2) is 43.6 Å². The number of carbonyl (C=O) groups excluding carboxylic acids is 2. The highest BCUT2D eigenvalue weighted by Gasteiger charge is 2.42. The fourth-order valence-electron chi connectivity index (χ4n) is 3.19. The lowest BCUT2D eigenvalue weighted by Gasteiger charge is -2.31. The third-order valence-electron chi connectivity index (χ3n) is 4.34. The third kappa shape index (κ3) is 3.56. The fourth-order valence-corrected chi connectivity index (χ4v) is 3.19. The Hall–Kier alpha value is -2.83. The zero-order chi connectivity index (χ0) is 19.4. The highest BCUT2D eigenvalue weighted by Crippen LogP contribution is 2.42. The molecule has 1 aromatic rings. The largest absolute Gasteiger partial charge is 0.504 e. The standard InChI is InChI=1S/C19H23NO6/c1-6-26-19(23)16-11(3)20-10(2)15(18(22)25-5)17(16)12-7-8-13(21)14(9-12)24-4/h7-9,15,17,21H,6H2,1-5H3. The molecule has 1 heterocycles. The first-order chi connectivity index (χ1) is 12.3. The van der Waals surface area contributed by atoms with Crippen LogP contribution in [0.2, 0.25) is 0 Å². The normalized spacial score (nSPS) is 19.7. The number of hydrogen-bond acceptors (Lipinski definition) is 7. The van der Waals surface area contributed by atoms with Gasteiger partial charge in [-0.05, 0) is 38.5 Å². The number of ether oxygens (including phenoxy) is 3. The maximum Gasteiger partial charge on any atom is 0.336 e. The molecule has 0 saturated heterocycles. The van der Waals surface area contributed by atoms with E-state index in [0.29, 0.717) is 22.5 Å². The van der Waals surface area contributed by atoms with E-state index in [4.69, 9.17) is 14.2 Å². The van der Waals surface area contributed by atoms with Crippen LogP contribution in [-0.2, 0) is 19.1 Å². The number of phenols is 1. The summed E-state index contributed by atoms with van der Waals surface area (Å²) in [7, 11) is 2.72. The van der Waals surface area contributed by atoms with Crippen LogP contribution in [0.5, 0.6) is 11.5 Å². The molecule has 1 N–H and O–H groups in total. The number of phenolic OH excluding ortho intramolecular Hbond substituents is 1. The number of aromatic hydroxyl groups is 1. The molecule has 0 radical (unpaired) electrons. The van der Waals surface area contributed by atoms with Gasteiger partial charge in [0, 0.05) is 17.3 Å². The van der Waals surface area contributed by atoms with Gasteiger partial charge in [-0.25, -0.2) is 4.79 Å². The number of nitrogens with zero attached hydrogens (tertiary/aromatic N) is 1. The van der Waals surface area contributed by atoms with E-state index in [1.54, 1.807) is 32.9 Å². The van der Waals surface area contributed by atoms with Gasteiger partial charge in [0.15, 0.2) is 11.5 Å². The number of rotatable bonds is 5. The Morgan fingerprint density at radius 2 is 1.92 bits per heavy atom. The van der Waals surface area contributed by atoms with Gasteiger partial charge >= 0.3 is 11.9 Å². The molecular formula is C19H23NO6. The Morgan fingerprint density at radius 3 is 2.50 bits per heavy atom. The fraction of sp³-hybridized carbons (Fsp3) is 0.421. The first kappa shape index (κ1) is 19.5. The highest BCUT2D eigenvalue weighted by molar-refractivity contribution is 6.07. The number of hydrogen-bond donors (Lipinski definition) is 1. The Bertz CT molecular complexity index is 780. The molecule has 0 aromatic heterocycles. The van der Waals surface area contributed by atoms with Gasteiger partial charge in [-0.2, -0.15) is 0 Å². The number of esters is 2. The zero-order valence-corrected chi connectivity index (χ0v) is 15.5. The average Bonchev–Trinajstić information content (AvgIpc) is 2.61. The predicted molar refractivity (Wildman–Crippen MR) is 95.3 cm³/mol. The molecule has 1 aliphatic heterocycles. The van der Waals surface area contributed by atoms with Crippen LogP contribution in [0, 0.1) is 5.92 Å². The summed E-state index contributed by atoms with van der Waals surface area (Å²) in [5, 5.41) is 9.87. The summed E-state index contributed by atoms with van der Waals surface area (Å²) in [6.07, 6.45) is 0. The van der Waals surface area contributed by atoms with E-state index < -0.39 is 23.8 Å². The summed E-state index contributed by atoms with van der Waals surface area (Å²) < 4.78 is 15.3. The molecule has 1 aromatic carbocycles. The molecule has 1 aliphatic rings. The lowest BCUT2D eigenvalue weighted by Crippen LogP contribution is -2.36. The molecule has 7 nitrogen and oxygen atoms in total. The molecule has 26 heavy (non-hydrogen) atoms. The maximum atomic E-state index is 12.6. The second kappa shape index (κ2) is 8.03. The number of carbonyl (C=O) groups is 2. The quantitative estimate of drug-likeness (QED) is 0.810. The lowest BCUT2D eigenvalue weighted by atomic mass is 9.75. The van der Waals surface area contributed by atoms with Crippen LogP contribution in [0.25, 0.3) is 0 Å². The van der Waals surface area contributed by atoms with Crippen LogP contribution in [0.4, 0.5) is 0 Å². The Morgan fingerprint density at radius 1 is 1.23 bits per heavy atom. The summed E-state index contributed by atoms with van der Waals surface area (Å²) >= 11 is 0. The lowest BCUT2D eigenvalue weighted by molar-refractivity contribution is -0.144. The van der Waals surface area contributed by atoms with Crippen LogP contribution >= 0.6 is 0 Å². The van der Waals surface area contributed by atoms with Gasteiger partial charge in [-0.15, -0.1) is 0 Å². The van der Waals surface area contributed by atoms with Crippen LogP contribution in [0.1, 0.15) is 32.3 Å². The summed E-state index contributed by atoms with van der Waals surface area (Å²) in [5.74, 6) is -2.27. The van der Waals surface area contributed by atoms with Gasteiger partial charge in [-0.1, -0.05) is 6.07 Å². The summed E-state index contributed by atoms with van der Waals surface area (Å²) in [6, 6.07) is 4.70. The van der Waals surface area contributed by atoms with E-state index >= 15 is 0 Å². The van der Waals surface area contributed by atoms with E-state index in [1.807, 2.05) is 0 Å². The monoisotopic (exact) mass is 361 g/mol. The SMILES string of the molecule is CCOC(=O)C1=C(C)N=C(C)C(C(=O)OC)C1c1ccc(O)c(OC)c1. The van der Waals surface area contributed by atoms with Gasteiger partial charge in [-0.3, -0.25) is 9.79 Å².